The average Bonchev–Trinajstić information content (AvgIpc) is 2.73. The fraction of sp³-hybridized carbons (Fsp3) is 0.182. The molecule has 3 aromatic carbocycles. The summed E-state index contributed by atoms with van der Waals surface area (Å²) in [5.41, 5.74) is 2.73. The molecule has 0 aliphatic heterocycles. The first-order chi connectivity index (χ1) is 14.3. The predicted molar refractivity (Wildman–Crippen MR) is 117 cm³/mol. The highest BCUT2D eigenvalue weighted by Gasteiger charge is 2.25. The third-order valence-corrected chi connectivity index (χ3v) is 7.15. The van der Waals surface area contributed by atoms with E-state index in [-0.39, 0.29) is 23.3 Å². The Morgan fingerprint density at radius 1 is 0.900 bits per heavy atom. The molecular formula is C22H23O6S2+. The fourth-order valence-electron chi connectivity index (χ4n) is 2.98. The molecule has 0 saturated carbocycles. The van der Waals surface area contributed by atoms with Crippen molar-refractivity contribution >= 4 is 21.3 Å². The van der Waals surface area contributed by atoms with Crippen molar-refractivity contribution in [1.82, 2.24) is 0 Å². The van der Waals surface area contributed by atoms with Gasteiger partial charge in [-0.3, -0.25) is 4.55 Å². The molecule has 158 valence electrons. The van der Waals surface area contributed by atoms with E-state index in [1.54, 1.807) is 31.4 Å². The van der Waals surface area contributed by atoms with Crippen LogP contribution in [-0.4, -0.2) is 25.2 Å². The number of benzene rings is 3. The number of aromatic hydroxyl groups is 1. The molecule has 30 heavy (non-hydrogen) atoms. The Labute approximate surface area is 179 Å². The van der Waals surface area contributed by atoms with Crippen LogP contribution in [0, 0.1) is 0 Å². The van der Waals surface area contributed by atoms with E-state index in [4.69, 9.17) is 9.29 Å². The summed E-state index contributed by atoms with van der Waals surface area (Å²) in [4.78, 5) is 1.07. The first-order valence-corrected chi connectivity index (χ1v) is 12.0. The maximum absolute atomic E-state index is 11.0. The number of hydrogen-bond acceptors (Lipinski definition) is 5. The lowest BCUT2D eigenvalue weighted by Crippen LogP contribution is -2.12. The zero-order chi connectivity index (χ0) is 21.6. The predicted octanol–water partition coefficient (Wildman–Crippen LogP) is 4.10. The van der Waals surface area contributed by atoms with Crippen LogP contribution in [0.1, 0.15) is 16.7 Å². The molecular weight excluding hydrogens is 424 g/mol. The van der Waals surface area contributed by atoms with Crippen LogP contribution < -0.4 is 4.74 Å². The second-order valence-corrected chi connectivity index (χ2v) is 9.71. The molecule has 0 spiro atoms. The number of hydrogen-bond donors (Lipinski definition) is 2. The molecule has 3 aromatic rings. The van der Waals surface area contributed by atoms with Crippen LogP contribution in [0.5, 0.6) is 11.5 Å². The molecule has 0 heterocycles. The van der Waals surface area contributed by atoms with E-state index < -0.39 is 10.4 Å². The quantitative estimate of drug-likeness (QED) is 0.379. The Bertz CT molecular complexity index is 1080. The average molecular weight is 448 g/mol. The van der Waals surface area contributed by atoms with Gasteiger partial charge in [0.05, 0.1) is 13.7 Å². The van der Waals surface area contributed by atoms with Gasteiger partial charge in [0.2, 0.25) is 0 Å². The molecule has 0 radical (unpaired) electrons. The van der Waals surface area contributed by atoms with Gasteiger partial charge < -0.3 is 9.84 Å². The van der Waals surface area contributed by atoms with E-state index in [9.17, 15) is 13.5 Å². The molecule has 2 N–H and O–H groups in total. The molecule has 0 aromatic heterocycles. The monoisotopic (exact) mass is 447 g/mol. The molecule has 3 rings (SSSR count). The van der Waals surface area contributed by atoms with Gasteiger partial charge in [-0.05, 0) is 42.0 Å². The van der Waals surface area contributed by atoms with Crippen molar-refractivity contribution in [2.75, 3.05) is 7.11 Å². The van der Waals surface area contributed by atoms with Gasteiger partial charge in [-0.25, -0.2) is 4.18 Å². The topological polar surface area (TPSA) is 93.1 Å². The normalized spacial score (nSPS) is 12.5. The van der Waals surface area contributed by atoms with Crippen LogP contribution in [0.25, 0.3) is 0 Å². The van der Waals surface area contributed by atoms with E-state index in [0.717, 1.165) is 27.5 Å². The minimum absolute atomic E-state index is 0.200. The minimum atomic E-state index is -4.52. The summed E-state index contributed by atoms with van der Waals surface area (Å²) in [6, 6.07) is 22.4. The van der Waals surface area contributed by atoms with Crippen molar-refractivity contribution < 1.29 is 27.0 Å². The molecule has 0 amide bonds. The van der Waals surface area contributed by atoms with Crippen molar-refractivity contribution in [2.24, 2.45) is 0 Å². The lowest BCUT2D eigenvalue weighted by atomic mass is 10.1. The standard InChI is InChI=1S/C22H22O6S2/c1-27-21-8-4-5-17(13-21)15-29(22-11-9-20(23)10-12-22)16-19-7-3-2-6-18(19)14-28-30(24,25)26/h2-13H,14-16H2,1H3,(H-,23,24,25,26)/p+1. The van der Waals surface area contributed by atoms with E-state index in [2.05, 4.69) is 4.18 Å². The lowest BCUT2D eigenvalue weighted by Gasteiger charge is -2.13. The molecule has 0 aliphatic rings. The SMILES string of the molecule is COc1cccc(C[S+](Cc2ccccc2COS(=O)(=O)O)c2ccc(O)cc2)c1. The summed E-state index contributed by atoms with van der Waals surface area (Å²) in [5, 5.41) is 9.67. The lowest BCUT2D eigenvalue weighted by molar-refractivity contribution is 0.259. The Morgan fingerprint density at radius 2 is 1.60 bits per heavy atom. The first-order valence-electron chi connectivity index (χ1n) is 9.12. The van der Waals surface area contributed by atoms with Crippen LogP contribution in [0.3, 0.4) is 0 Å². The van der Waals surface area contributed by atoms with Gasteiger partial charge in [-0.1, -0.05) is 36.4 Å². The highest BCUT2D eigenvalue weighted by molar-refractivity contribution is 7.95. The highest BCUT2D eigenvalue weighted by atomic mass is 32.3. The van der Waals surface area contributed by atoms with E-state index >= 15 is 0 Å². The van der Waals surface area contributed by atoms with Gasteiger partial charge in [-0.2, -0.15) is 8.42 Å². The third kappa shape index (κ3) is 6.50. The highest BCUT2D eigenvalue weighted by Crippen LogP contribution is 2.27. The second kappa shape index (κ2) is 9.99. The van der Waals surface area contributed by atoms with Crippen LogP contribution in [0.2, 0.25) is 0 Å². The Balaban J connectivity index is 1.90. The molecule has 0 fully saturated rings. The summed E-state index contributed by atoms with van der Waals surface area (Å²) in [5.74, 6) is 2.37. The molecule has 0 saturated heterocycles. The summed E-state index contributed by atoms with van der Waals surface area (Å²) in [6.07, 6.45) is 0. The number of ether oxygens (including phenoxy) is 1. The van der Waals surface area contributed by atoms with Crippen LogP contribution in [-0.2, 0) is 43.6 Å². The van der Waals surface area contributed by atoms with Gasteiger partial charge in [-0.15, -0.1) is 0 Å². The van der Waals surface area contributed by atoms with Gasteiger partial charge in [0, 0.05) is 22.0 Å². The molecule has 0 aliphatic carbocycles. The van der Waals surface area contributed by atoms with Crippen molar-refractivity contribution in [2.45, 2.75) is 23.0 Å². The zero-order valence-corrected chi connectivity index (χ0v) is 18.0. The van der Waals surface area contributed by atoms with E-state index in [0.29, 0.717) is 11.3 Å². The van der Waals surface area contributed by atoms with E-state index in [1.807, 2.05) is 48.5 Å². The smallest absolute Gasteiger partial charge is 0.397 e. The molecule has 1 unspecified atom stereocenters. The summed E-state index contributed by atoms with van der Waals surface area (Å²) < 4.78 is 40.8. The number of phenols is 1. The minimum Gasteiger partial charge on any atom is -0.508 e. The summed E-state index contributed by atoms with van der Waals surface area (Å²) >= 11 is 0. The van der Waals surface area contributed by atoms with Gasteiger partial charge in [0.15, 0.2) is 4.90 Å². The zero-order valence-electron chi connectivity index (χ0n) is 16.4. The third-order valence-electron chi connectivity index (χ3n) is 4.46. The summed E-state index contributed by atoms with van der Waals surface area (Å²) in [7, 11) is -3.17. The Morgan fingerprint density at radius 3 is 2.27 bits per heavy atom. The largest absolute Gasteiger partial charge is 0.508 e. The fourth-order valence-corrected chi connectivity index (χ4v) is 5.46. The molecule has 0 bridgehead atoms. The number of phenolic OH excluding ortho intramolecular Hbond substituents is 1. The molecule has 6 nitrogen and oxygen atoms in total. The number of methoxy groups -OCH3 is 1. The van der Waals surface area contributed by atoms with Crippen molar-refractivity contribution in [3.05, 3.63) is 89.5 Å². The van der Waals surface area contributed by atoms with E-state index in [1.165, 1.54) is 0 Å². The molecule has 1 atom stereocenters. The summed E-state index contributed by atoms with van der Waals surface area (Å²) in [6.45, 7) is -0.235. The van der Waals surface area contributed by atoms with Gasteiger partial charge >= 0.3 is 10.4 Å². The molecule has 8 heteroatoms. The van der Waals surface area contributed by atoms with Gasteiger partial charge in [0.25, 0.3) is 0 Å². The number of rotatable bonds is 9. The second-order valence-electron chi connectivity index (χ2n) is 6.59. The van der Waals surface area contributed by atoms with Crippen molar-refractivity contribution in [1.29, 1.82) is 0 Å². The van der Waals surface area contributed by atoms with Gasteiger partial charge in [0.1, 0.15) is 23.0 Å². The maximum atomic E-state index is 11.0. The maximum Gasteiger partial charge on any atom is 0.397 e. The Hall–Kier alpha value is -2.52. The first kappa shape index (κ1) is 22.2. The van der Waals surface area contributed by atoms with Crippen molar-refractivity contribution in [3.8, 4) is 11.5 Å². The van der Waals surface area contributed by atoms with Crippen LogP contribution in [0.15, 0.2) is 77.7 Å². The van der Waals surface area contributed by atoms with Crippen molar-refractivity contribution in [3.63, 3.8) is 0 Å². The van der Waals surface area contributed by atoms with Crippen LogP contribution >= 0.6 is 0 Å². The van der Waals surface area contributed by atoms with Crippen LogP contribution in [0.4, 0.5) is 0 Å². The Kier molecular flexibility index (Phi) is 7.38.